The van der Waals surface area contributed by atoms with Gasteiger partial charge in [-0.2, -0.15) is 0 Å². The first-order valence-corrected chi connectivity index (χ1v) is 10.7. The number of likely N-dealkylation sites (tertiary alicyclic amines) is 1. The SMILES string of the molecule is CCNC(=NCC1(C)CCCO1)NCC(c1cccc(OC)c1)N1CCCC1.I. The predicted molar refractivity (Wildman–Crippen MR) is 130 cm³/mol. The molecule has 29 heavy (non-hydrogen) atoms. The lowest BCUT2D eigenvalue weighted by atomic mass is 10.0. The number of ether oxygens (including phenoxy) is 2. The number of halogens is 1. The summed E-state index contributed by atoms with van der Waals surface area (Å²) in [7, 11) is 1.73. The first-order chi connectivity index (χ1) is 13.6. The Labute approximate surface area is 192 Å². The lowest BCUT2D eigenvalue weighted by Gasteiger charge is -2.29. The highest BCUT2D eigenvalue weighted by atomic mass is 127. The Morgan fingerprint density at radius 2 is 2.07 bits per heavy atom. The van der Waals surface area contributed by atoms with Crippen molar-refractivity contribution in [1.29, 1.82) is 0 Å². The van der Waals surface area contributed by atoms with E-state index in [2.05, 4.69) is 47.6 Å². The van der Waals surface area contributed by atoms with Crippen molar-refractivity contribution in [2.24, 2.45) is 4.99 Å². The maximum absolute atomic E-state index is 5.89. The maximum atomic E-state index is 5.89. The molecular weight excluding hydrogens is 479 g/mol. The van der Waals surface area contributed by atoms with Gasteiger partial charge in [0.25, 0.3) is 0 Å². The monoisotopic (exact) mass is 516 g/mol. The minimum Gasteiger partial charge on any atom is -0.497 e. The molecule has 164 valence electrons. The van der Waals surface area contributed by atoms with E-state index in [0.717, 1.165) is 57.3 Å². The highest BCUT2D eigenvalue weighted by molar-refractivity contribution is 14.0. The van der Waals surface area contributed by atoms with Crippen molar-refractivity contribution >= 4 is 29.9 Å². The van der Waals surface area contributed by atoms with Crippen LogP contribution < -0.4 is 15.4 Å². The molecule has 0 spiro atoms. The van der Waals surface area contributed by atoms with Gasteiger partial charge in [-0.25, -0.2) is 0 Å². The number of guanidine groups is 1. The van der Waals surface area contributed by atoms with Crippen LogP contribution in [0.4, 0.5) is 0 Å². The molecule has 2 aliphatic heterocycles. The van der Waals surface area contributed by atoms with Crippen molar-refractivity contribution < 1.29 is 9.47 Å². The highest BCUT2D eigenvalue weighted by Gasteiger charge is 2.29. The van der Waals surface area contributed by atoms with Crippen LogP contribution in [0.1, 0.15) is 51.1 Å². The molecule has 0 aromatic heterocycles. The van der Waals surface area contributed by atoms with Crippen molar-refractivity contribution in [3.05, 3.63) is 29.8 Å². The minimum atomic E-state index is -0.122. The molecule has 2 atom stereocenters. The number of hydrogen-bond acceptors (Lipinski definition) is 4. The zero-order valence-corrected chi connectivity index (χ0v) is 20.4. The van der Waals surface area contributed by atoms with E-state index in [1.165, 1.54) is 18.4 Å². The summed E-state index contributed by atoms with van der Waals surface area (Å²) < 4.78 is 11.3. The van der Waals surface area contributed by atoms with E-state index in [9.17, 15) is 0 Å². The third-order valence-electron chi connectivity index (χ3n) is 5.74. The number of hydrogen-bond donors (Lipinski definition) is 2. The standard InChI is InChI=1S/C22H36N4O2.HI/c1-4-23-21(25-17-22(2)11-8-14-28-22)24-16-20(26-12-5-6-13-26)18-9-7-10-19(15-18)27-3;/h7,9-10,15,20H,4-6,8,11-14,16-17H2,1-3H3,(H2,23,24,25);1H. The molecule has 2 fully saturated rings. The van der Waals surface area contributed by atoms with E-state index < -0.39 is 0 Å². The number of rotatable bonds is 8. The quantitative estimate of drug-likeness (QED) is 0.315. The lowest BCUT2D eigenvalue weighted by Crippen LogP contribution is -2.43. The highest BCUT2D eigenvalue weighted by Crippen LogP contribution is 2.27. The molecule has 0 saturated carbocycles. The van der Waals surface area contributed by atoms with E-state index >= 15 is 0 Å². The fraction of sp³-hybridized carbons (Fsp3) is 0.682. The topological polar surface area (TPSA) is 58.1 Å². The van der Waals surface area contributed by atoms with E-state index in [1.807, 2.05) is 6.07 Å². The molecule has 0 amide bonds. The first kappa shape index (κ1) is 24.2. The van der Waals surface area contributed by atoms with Gasteiger partial charge in [-0.15, -0.1) is 24.0 Å². The van der Waals surface area contributed by atoms with E-state index in [1.54, 1.807) is 7.11 Å². The number of aliphatic imine (C=N–C) groups is 1. The number of methoxy groups -OCH3 is 1. The molecule has 2 aliphatic rings. The Bertz CT molecular complexity index is 643. The van der Waals surface area contributed by atoms with Crippen LogP contribution in [0.5, 0.6) is 5.75 Å². The Hall–Kier alpha value is -1.06. The fourth-order valence-electron chi connectivity index (χ4n) is 4.10. The smallest absolute Gasteiger partial charge is 0.191 e. The molecule has 2 saturated heterocycles. The van der Waals surface area contributed by atoms with Gasteiger partial charge in [0, 0.05) is 19.7 Å². The van der Waals surface area contributed by atoms with Crippen LogP contribution >= 0.6 is 24.0 Å². The molecule has 2 N–H and O–H groups in total. The van der Waals surface area contributed by atoms with E-state index in [4.69, 9.17) is 14.5 Å². The van der Waals surface area contributed by atoms with Gasteiger partial charge in [0.15, 0.2) is 5.96 Å². The molecule has 1 aromatic carbocycles. The van der Waals surface area contributed by atoms with Gasteiger partial charge < -0.3 is 20.1 Å². The molecule has 3 rings (SSSR count). The third kappa shape index (κ3) is 7.00. The zero-order chi connectivity index (χ0) is 19.8. The van der Waals surface area contributed by atoms with Crippen LogP contribution in [0.3, 0.4) is 0 Å². The molecule has 7 heteroatoms. The van der Waals surface area contributed by atoms with Gasteiger partial charge in [0.1, 0.15) is 5.75 Å². The minimum absolute atomic E-state index is 0. The summed E-state index contributed by atoms with van der Waals surface area (Å²) in [6.45, 7) is 9.75. The van der Waals surface area contributed by atoms with E-state index in [-0.39, 0.29) is 29.6 Å². The van der Waals surface area contributed by atoms with Crippen LogP contribution in [-0.2, 0) is 4.74 Å². The summed E-state index contributed by atoms with van der Waals surface area (Å²) in [5.41, 5.74) is 1.17. The summed E-state index contributed by atoms with van der Waals surface area (Å²) in [5.74, 6) is 1.78. The summed E-state index contributed by atoms with van der Waals surface area (Å²) >= 11 is 0. The molecule has 6 nitrogen and oxygen atoms in total. The van der Waals surface area contributed by atoms with Crippen LogP contribution in [0.15, 0.2) is 29.3 Å². The van der Waals surface area contributed by atoms with Crippen molar-refractivity contribution in [3.8, 4) is 5.75 Å². The van der Waals surface area contributed by atoms with Crippen molar-refractivity contribution in [2.45, 2.75) is 51.2 Å². The predicted octanol–water partition coefficient (Wildman–Crippen LogP) is 3.57. The summed E-state index contributed by atoms with van der Waals surface area (Å²) in [6, 6.07) is 8.74. The van der Waals surface area contributed by atoms with Gasteiger partial charge in [-0.3, -0.25) is 9.89 Å². The van der Waals surface area contributed by atoms with Crippen molar-refractivity contribution in [3.63, 3.8) is 0 Å². The first-order valence-electron chi connectivity index (χ1n) is 10.7. The second kappa shape index (κ2) is 12.0. The van der Waals surface area contributed by atoms with Gasteiger partial charge in [-0.1, -0.05) is 12.1 Å². The second-order valence-corrected chi connectivity index (χ2v) is 8.01. The fourth-order valence-corrected chi connectivity index (χ4v) is 4.10. The zero-order valence-electron chi connectivity index (χ0n) is 18.1. The summed E-state index contributed by atoms with van der Waals surface area (Å²) in [6.07, 6.45) is 4.74. The number of nitrogens with one attached hydrogen (secondary N) is 2. The third-order valence-corrected chi connectivity index (χ3v) is 5.74. The Morgan fingerprint density at radius 1 is 1.28 bits per heavy atom. The van der Waals surface area contributed by atoms with Gasteiger partial charge in [0.2, 0.25) is 0 Å². The van der Waals surface area contributed by atoms with Crippen LogP contribution in [-0.4, -0.2) is 62.9 Å². The lowest BCUT2D eigenvalue weighted by molar-refractivity contribution is 0.0283. The summed E-state index contributed by atoms with van der Waals surface area (Å²) in [4.78, 5) is 7.38. The Balaban J connectivity index is 0.00000300. The van der Waals surface area contributed by atoms with Gasteiger partial charge >= 0.3 is 0 Å². The second-order valence-electron chi connectivity index (χ2n) is 8.01. The van der Waals surface area contributed by atoms with Gasteiger partial charge in [-0.05, 0) is 70.3 Å². The van der Waals surface area contributed by atoms with Crippen molar-refractivity contribution in [2.75, 3.05) is 46.4 Å². The van der Waals surface area contributed by atoms with Crippen LogP contribution in [0, 0.1) is 0 Å². The van der Waals surface area contributed by atoms with Crippen LogP contribution in [0.25, 0.3) is 0 Å². The average Bonchev–Trinajstić information content (AvgIpc) is 3.39. The summed E-state index contributed by atoms with van der Waals surface area (Å²) in [5, 5.41) is 6.96. The number of benzene rings is 1. The maximum Gasteiger partial charge on any atom is 0.191 e. The number of nitrogens with zero attached hydrogens (tertiary/aromatic N) is 2. The largest absolute Gasteiger partial charge is 0.497 e. The Kier molecular flexibility index (Phi) is 9.98. The molecule has 0 bridgehead atoms. The molecule has 1 aromatic rings. The Morgan fingerprint density at radius 3 is 2.72 bits per heavy atom. The normalized spacial score (nSPS) is 23.5. The van der Waals surface area contributed by atoms with Crippen molar-refractivity contribution in [1.82, 2.24) is 15.5 Å². The van der Waals surface area contributed by atoms with E-state index in [0.29, 0.717) is 12.6 Å². The molecular formula is C22H37IN4O2. The molecule has 2 heterocycles. The molecule has 0 aliphatic carbocycles. The molecule has 2 unspecified atom stereocenters. The average molecular weight is 516 g/mol. The molecule has 0 radical (unpaired) electrons. The van der Waals surface area contributed by atoms with Crippen LogP contribution in [0.2, 0.25) is 0 Å². The van der Waals surface area contributed by atoms with Gasteiger partial charge in [0.05, 0.1) is 25.3 Å².